The Morgan fingerprint density at radius 3 is 2.81 bits per heavy atom. The molecule has 0 aromatic rings. The highest BCUT2D eigenvalue weighted by atomic mass is 16.2. The highest BCUT2D eigenvalue weighted by Gasteiger charge is 2.25. The molecule has 0 bridgehead atoms. The molecule has 1 aliphatic rings. The molecule has 0 radical (unpaired) electrons. The fraction of sp³-hybridized carbons (Fsp3) is 0.818. The van der Waals surface area contributed by atoms with Crippen molar-refractivity contribution < 1.29 is 9.59 Å². The number of amides is 2. The van der Waals surface area contributed by atoms with Gasteiger partial charge in [-0.1, -0.05) is 13.3 Å². The predicted molar refractivity (Wildman–Crippen MR) is 61.7 cm³/mol. The summed E-state index contributed by atoms with van der Waals surface area (Å²) in [5, 5.41) is 0. The highest BCUT2D eigenvalue weighted by molar-refractivity contribution is 5.87. The van der Waals surface area contributed by atoms with Crippen LogP contribution in [0.4, 0.5) is 0 Å². The third-order valence-corrected chi connectivity index (χ3v) is 2.90. The average Bonchev–Trinajstić information content (AvgIpc) is 2.41. The van der Waals surface area contributed by atoms with Gasteiger partial charge in [0.1, 0.15) is 0 Å². The van der Waals surface area contributed by atoms with E-state index in [1.807, 2.05) is 6.92 Å². The van der Waals surface area contributed by atoms with E-state index in [0.29, 0.717) is 19.5 Å². The lowest BCUT2D eigenvalue weighted by Gasteiger charge is -2.23. The van der Waals surface area contributed by atoms with Crippen LogP contribution in [0.3, 0.4) is 0 Å². The van der Waals surface area contributed by atoms with Gasteiger partial charge in [-0.25, -0.2) is 0 Å². The van der Waals surface area contributed by atoms with Gasteiger partial charge in [0.05, 0.1) is 12.6 Å². The molecule has 92 valence electrons. The van der Waals surface area contributed by atoms with E-state index >= 15 is 0 Å². The van der Waals surface area contributed by atoms with Gasteiger partial charge in [0.25, 0.3) is 0 Å². The lowest BCUT2D eigenvalue weighted by Crippen LogP contribution is -2.46. The molecule has 2 N–H and O–H groups in total. The van der Waals surface area contributed by atoms with E-state index in [1.54, 1.807) is 16.8 Å². The quantitative estimate of drug-likeness (QED) is 0.726. The molecule has 1 heterocycles. The van der Waals surface area contributed by atoms with Crippen LogP contribution in [0.25, 0.3) is 0 Å². The van der Waals surface area contributed by atoms with Crippen LogP contribution >= 0.6 is 0 Å². The zero-order valence-electron chi connectivity index (χ0n) is 10.1. The number of nitrogens with two attached hydrogens (primary N) is 1. The second-order valence-corrected chi connectivity index (χ2v) is 4.32. The van der Waals surface area contributed by atoms with Gasteiger partial charge in [-0.05, 0) is 12.8 Å². The van der Waals surface area contributed by atoms with Gasteiger partial charge >= 0.3 is 0 Å². The molecule has 2 amide bonds. The Morgan fingerprint density at radius 2 is 2.19 bits per heavy atom. The van der Waals surface area contributed by atoms with E-state index in [0.717, 1.165) is 12.8 Å². The summed E-state index contributed by atoms with van der Waals surface area (Å²) in [7, 11) is 1.77. The fourth-order valence-electron chi connectivity index (χ4n) is 1.84. The minimum Gasteiger partial charge on any atom is -0.344 e. The Balaban J connectivity index is 2.58. The maximum atomic E-state index is 11.9. The Hall–Kier alpha value is -1.10. The first-order valence-corrected chi connectivity index (χ1v) is 5.84. The topological polar surface area (TPSA) is 66.6 Å². The average molecular weight is 227 g/mol. The van der Waals surface area contributed by atoms with Crippen LogP contribution in [0.2, 0.25) is 0 Å². The van der Waals surface area contributed by atoms with Crippen LogP contribution < -0.4 is 5.73 Å². The summed E-state index contributed by atoms with van der Waals surface area (Å²) in [4.78, 5) is 26.8. The zero-order chi connectivity index (χ0) is 12.1. The van der Waals surface area contributed by atoms with Gasteiger partial charge in [-0.2, -0.15) is 0 Å². The first-order chi connectivity index (χ1) is 7.56. The van der Waals surface area contributed by atoms with E-state index in [-0.39, 0.29) is 18.4 Å². The largest absolute Gasteiger partial charge is 0.344 e. The molecule has 1 atom stereocenters. The maximum absolute atomic E-state index is 11.9. The Kier molecular flexibility index (Phi) is 4.73. The van der Waals surface area contributed by atoms with Crippen LogP contribution in [-0.4, -0.2) is 54.3 Å². The molecular weight excluding hydrogens is 206 g/mol. The van der Waals surface area contributed by atoms with Crippen molar-refractivity contribution in [1.29, 1.82) is 0 Å². The molecule has 1 unspecified atom stereocenters. The Labute approximate surface area is 96.6 Å². The molecular formula is C11H21N3O2. The van der Waals surface area contributed by atoms with Crippen LogP contribution in [-0.2, 0) is 9.59 Å². The summed E-state index contributed by atoms with van der Waals surface area (Å²) in [6.07, 6.45) is 2.39. The second kappa shape index (κ2) is 5.84. The maximum Gasteiger partial charge on any atom is 0.241 e. The number of likely N-dealkylation sites (N-methyl/N-ethyl adjacent to an activating group) is 1. The summed E-state index contributed by atoms with van der Waals surface area (Å²) in [6.45, 7) is 3.51. The minimum absolute atomic E-state index is 0.00505. The second-order valence-electron chi connectivity index (χ2n) is 4.32. The van der Waals surface area contributed by atoms with Crippen molar-refractivity contribution in [1.82, 2.24) is 9.80 Å². The van der Waals surface area contributed by atoms with Gasteiger partial charge in [0.2, 0.25) is 11.8 Å². The van der Waals surface area contributed by atoms with Gasteiger partial charge in [0, 0.05) is 20.1 Å². The van der Waals surface area contributed by atoms with Gasteiger partial charge in [0.15, 0.2) is 0 Å². The Bertz CT molecular complexity index is 268. The molecule has 5 nitrogen and oxygen atoms in total. The minimum atomic E-state index is -0.457. The van der Waals surface area contributed by atoms with E-state index < -0.39 is 6.04 Å². The molecule has 0 aromatic carbocycles. The van der Waals surface area contributed by atoms with Crippen molar-refractivity contribution in [2.24, 2.45) is 5.73 Å². The SMILES string of the molecule is CCCC(N)C(=O)N1CCCN(C)C(=O)C1. The predicted octanol–water partition coefficient (Wildman–Crippen LogP) is -0.195. The number of hydrogen-bond donors (Lipinski definition) is 1. The van der Waals surface area contributed by atoms with Crippen molar-refractivity contribution >= 4 is 11.8 Å². The first kappa shape index (κ1) is 13.0. The zero-order valence-corrected chi connectivity index (χ0v) is 10.1. The molecule has 0 spiro atoms. The molecule has 0 aromatic heterocycles. The Morgan fingerprint density at radius 1 is 1.50 bits per heavy atom. The summed E-state index contributed by atoms with van der Waals surface area (Å²) in [5.41, 5.74) is 5.77. The monoisotopic (exact) mass is 227 g/mol. The lowest BCUT2D eigenvalue weighted by atomic mass is 10.1. The molecule has 1 saturated heterocycles. The van der Waals surface area contributed by atoms with Crippen molar-refractivity contribution in [3.05, 3.63) is 0 Å². The van der Waals surface area contributed by atoms with Crippen LogP contribution in [0.15, 0.2) is 0 Å². The summed E-state index contributed by atoms with van der Waals surface area (Å²) in [6, 6.07) is -0.457. The van der Waals surface area contributed by atoms with E-state index in [4.69, 9.17) is 5.73 Å². The van der Waals surface area contributed by atoms with E-state index in [9.17, 15) is 9.59 Å². The fourth-order valence-corrected chi connectivity index (χ4v) is 1.84. The summed E-state index contributed by atoms with van der Waals surface area (Å²) >= 11 is 0. The number of nitrogens with zero attached hydrogens (tertiary/aromatic N) is 2. The molecule has 1 fully saturated rings. The lowest BCUT2D eigenvalue weighted by molar-refractivity contribution is -0.139. The molecule has 16 heavy (non-hydrogen) atoms. The van der Waals surface area contributed by atoms with Gasteiger partial charge in [-0.15, -0.1) is 0 Å². The van der Waals surface area contributed by atoms with Gasteiger partial charge < -0.3 is 15.5 Å². The first-order valence-electron chi connectivity index (χ1n) is 5.84. The van der Waals surface area contributed by atoms with Gasteiger partial charge in [-0.3, -0.25) is 9.59 Å². The molecule has 0 aliphatic carbocycles. The highest BCUT2D eigenvalue weighted by Crippen LogP contribution is 2.06. The molecule has 0 saturated carbocycles. The van der Waals surface area contributed by atoms with Crippen molar-refractivity contribution in [2.75, 3.05) is 26.7 Å². The third kappa shape index (κ3) is 3.20. The van der Waals surface area contributed by atoms with Crippen LogP contribution in [0.5, 0.6) is 0 Å². The number of hydrogen-bond acceptors (Lipinski definition) is 3. The number of rotatable bonds is 3. The summed E-state index contributed by atoms with van der Waals surface area (Å²) in [5.74, 6) is -0.0972. The normalized spacial score (nSPS) is 19.6. The van der Waals surface area contributed by atoms with Crippen LogP contribution in [0, 0.1) is 0 Å². The third-order valence-electron chi connectivity index (χ3n) is 2.90. The molecule has 1 aliphatic heterocycles. The molecule has 1 rings (SSSR count). The van der Waals surface area contributed by atoms with E-state index in [2.05, 4.69) is 0 Å². The summed E-state index contributed by atoms with van der Waals surface area (Å²) < 4.78 is 0. The van der Waals surface area contributed by atoms with Crippen molar-refractivity contribution in [3.8, 4) is 0 Å². The number of carbonyl (C=O) groups excluding carboxylic acids is 2. The van der Waals surface area contributed by atoms with E-state index in [1.165, 1.54) is 0 Å². The smallest absolute Gasteiger partial charge is 0.241 e. The van der Waals surface area contributed by atoms with Crippen molar-refractivity contribution in [3.63, 3.8) is 0 Å². The molecule has 5 heteroatoms. The van der Waals surface area contributed by atoms with Crippen LogP contribution in [0.1, 0.15) is 26.2 Å². The standard InChI is InChI=1S/C11H21N3O2/c1-3-5-9(12)11(16)14-7-4-6-13(2)10(15)8-14/h9H,3-8,12H2,1-2H3. The number of carbonyl (C=O) groups is 2. The van der Waals surface area contributed by atoms with Crippen molar-refractivity contribution in [2.45, 2.75) is 32.2 Å².